The lowest BCUT2D eigenvalue weighted by Gasteiger charge is -2.26. The summed E-state index contributed by atoms with van der Waals surface area (Å²) in [5, 5.41) is 6.49. The predicted molar refractivity (Wildman–Crippen MR) is 93.6 cm³/mol. The van der Waals surface area contributed by atoms with Crippen molar-refractivity contribution in [2.45, 2.75) is 26.3 Å². The Labute approximate surface area is 138 Å². The number of pyridine rings is 2. The Morgan fingerprint density at radius 3 is 2.64 bits per heavy atom. The Hall–Kier alpha value is -1.66. The van der Waals surface area contributed by atoms with Crippen LogP contribution in [0.1, 0.15) is 26.3 Å². The second-order valence-electron chi connectivity index (χ2n) is 5.67. The third-order valence-corrected chi connectivity index (χ3v) is 4.24. The molecule has 2 aromatic rings. The summed E-state index contributed by atoms with van der Waals surface area (Å²) in [5.74, 6) is 0.639. The van der Waals surface area contributed by atoms with Crippen LogP contribution in [0, 0.1) is 0 Å². The quantitative estimate of drug-likeness (QED) is 0.855. The molecule has 0 fully saturated rings. The molecule has 118 valence electrons. The summed E-state index contributed by atoms with van der Waals surface area (Å²) in [6.45, 7) is 7.20. The van der Waals surface area contributed by atoms with Gasteiger partial charge in [0.1, 0.15) is 11.5 Å². The number of hydrogen-bond acceptors (Lipinski definition) is 4. The van der Waals surface area contributed by atoms with Crippen molar-refractivity contribution in [3.63, 3.8) is 0 Å². The van der Waals surface area contributed by atoms with Gasteiger partial charge >= 0.3 is 0 Å². The van der Waals surface area contributed by atoms with E-state index in [2.05, 4.69) is 52.3 Å². The van der Waals surface area contributed by atoms with Crippen LogP contribution < -0.4 is 16.2 Å². The van der Waals surface area contributed by atoms with Crippen LogP contribution in [0.25, 0.3) is 0 Å². The minimum atomic E-state index is -0.135. The van der Waals surface area contributed by atoms with Crippen LogP contribution in [0.3, 0.4) is 0 Å². The molecule has 2 N–H and O–H groups in total. The molecule has 5 nitrogen and oxygen atoms in total. The summed E-state index contributed by atoms with van der Waals surface area (Å²) >= 11 is 3.39. The summed E-state index contributed by atoms with van der Waals surface area (Å²) in [7, 11) is 1.72. The number of anilines is 2. The first kappa shape index (κ1) is 16.7. The minimum Gasteiger partial charge on any atom is -0.335 e. The van der Waals surface area contributed by atoms with Crippen molar-refractivity contribution in [2.75, 3.05) is 11.9 Å². The Balaban J connectivity index is 2.26. The maximum Gasteiger partial charge on any atom is 0.275 e. The molecule has 2 rings (SSSR count). The highest BCUT2D eigenvalue weighted by Gasteiger charge is 2.19. The number of nitrogens with one attached hydrogen (secondary N) is 2. The zero-order valence-corrected chi connectivity index (χ0v) is 14.9. The van der Waals surface area contributed by atoms with E-state index in [9.17, 15) is 4.79 Å². The molecule has 0 atom stereocenters. The highest BCUT2D eigenvalue weighted by atomic mass is 79.9. The minimum absolute atomic E-state index is 0.103. The Bertz CT molecular complexity index is 707. The normalized spacial score (nSPS) is 11.5. The van der Waals surface area contributed by atoms with E-state index in [-0.39, 0.29) is 11.1 Å². The maximum atomic E-state index is 12.1. The largest absolute Gasteiger partial charge is 0.335 e. The average molecular weight is 365 g/mol. The van der Waals surface area contributed by atoms with E-state index in [1.165, 1.54) is 4.57 Å². The second-order valence-corrected chi connectivity index (χ2v) is 6.52. The zero-order chi connectivity index (χ0) is 16.3. The monoisotopic (exact) mass is 364 g/mol. The van der Waals surface area contributed by atoms with Crippen molar-refractivity contribution in [3.8, 4) is 0 Å². The number of halogens is 1. The highest BCUT2D eigenvalue weighted by Crippen LogP contribution is 2.23. The molecule has 0 spiro atoms. The molecule has 2 heterocycles. The van der Waals surface area contributed by atoms with Crippen molar-refractivity contribution in [2.24, 2.45) is 7.05 Å². The molecular formula is C16H21BrN4O. The van der Waals surface area contributed by atoms with E-state index in [4.69, 9.17) is 0 Å². The fraction of sp³-hybridized carbons (Fsp3) is 0.375. The molecule has 0 aromatic carbocycles. The Kier molecular flexibility index (Phi) is 5.03. The first-order valence-electron chi connectivity index (χ1n) is 7.19. The standard InChI is InChI=1S/C16H21BrN4O/c1-5-19-16(2,3)11-6-7-13(18-10-11)20-14-12(17)8-9-21(4)15(14)22/h6-10,19H,5H2,1-4H3,(H,18,20). The van der Waals surface area contributed by atoms with Crippen molar-refractivity contribution in [1.82, 2.24) is 14.9 Å². The molecule has 6 heteroatoms. The maximum absolute atomic E-state index is 12.1. The van der Waals surface area contributed by atoms with E-state index >= 15 is 0 Å². The average Bonchev–Trinajstić information content (AvgIpc) is 2.48. The molecule has 0 aliphatic carbocycles. The van der Waals surface area contributed by atoms with Gasteiger partial charge in [-0.2, -0.15) is 0 Å². The molecule has 0 unspecified atom stereocenters. The zero-order valence-electron chi connectivity index (χ0n) is 13.3. The molecule has 22 heavy (non-hydrogen) atoms. The van der Waals surface area contributed by atoms with E-state index < -0.39 is 0 Å². The molecule has 0 aliphatic heterocycles. The van der Waals surface area contributed by atoms with E-state index in [0.717, 1.165) is 16.6 Å². The van der Waals surface area contributed by atoms with Crippen LogP contribution in [0.4, 0.5) is 11.5 Å². The molecule has 0 amide bonds. The summed E-state index contributed by atoms with van der Waals surface area (Å²) in [5.41, 5.74) is 1.34. The molecule has 0 saturated heterocycles. The second kappa shape index (κ2) is 6.62. The summed E-state index contributed by atoms with van der Waals surface area (Å²) < 4.78 is 2.24. The first-order chi connectivity index (χ1) is 10.3. The van der Waals surface area contributed by atoms with E-state index in [1.807, 2.05) is 24.4 Å². The number of hydrogen-bond donors (Lipinski definition) is 2. The van der Waals surface area contributed by atoms with Crippen LogP contribution in [-0.2, 0) is 12.6 Å². The van der Waals surface area contributed by atoms with Crippen LogP contribution in [0.5, 0.6) is 0 Å². The molecule has 0 radical (unpaired) electrons. The fourth-order valence-electron chi connectivity index (χ4n) is 2.23. The summed E-state index contributed by atoms with van der Waals surface area (Å²) in [6, 6.07) is 5.72. The van der Waals surface area contributed by atoms with Crippen LogP contribution in [-0.4, -0.2) is 16.1 Å². The van der Waals surface area contributed by atoms with Crippen molar-refractivity contribution < 1.29 is 0 Å². The molecule has 0 aliphatic rings. The Morgan fingerprint density at radius 2 is 2.05 bits per heavy atom. The SMILES string of the molecule is CCNC(C)(C)c1ccc(Nc2c(Br)ccn(C)c2=O)nc1. The fourth-order valence-corrected chi connectivity index (χ4v) is 2.62. The van der Waals surface area contributed by atoms with Gasteiger partial charge in [0.05, 0.1) is 0 Å². The van der Waals surface area contributed by atoms with E-state index in [0.29, 0.717) is 11.5 Å². The van der Waals surface area contributed by atoms with Gasteiger partial charge in [-0.05, 0) is 54.0 Å². The molecular weight excluding hydrogens is 344 g/mol. The third-order valence-electron chi connectivity index (χ3n) is 3.57. The third kappa shape index (κ3) is 3.56. The molecule has 2 aromatic heterocycles. The lowest BCUT2D eigenvalue weighted by molar-refractivity contribution is 0.414. The van der Waals surface area contributed by atoms with Crippen molar-refractivity contribution in [1.29, 1.82) is 0 Å². The van der Waals surface area contributed by atoms with Crippen LogP contribution >= 0.6 is 15.9 Å². The summed E-state index contributed by atoms with van der Waals surface area (Å²) in [6.07, 6.45) is 3.54. The van der Waals surface area contributed by atoms with Gasteiger partial charge in [0.25, 0.3) is 5.56 Å². The smallest absolute Gasteiger partial charge is 0.275 e. The molecule has 0 saturated carbocycles. The lowest BCUT2D eigenvalue weighted by Crippen LogP contribution is -2.36. The number of aromatic nitrogens is 2. The van der Waals surface area contributed by atoms with Crippen LogP contribution in [0.2, 0.25) is 0 Å². The number of rotatable bonds is 5. The topological polar surface area (TPSA) is 59.0 Å². The van der Waals surface area contributed by atoms with Crippen molar-refractivity contribution in [3.05, 3.63) is 51.0 Å². The first-order valence-corrected chi connectivity index (χ1v) is 7.98. The number of aryl methyl sites for hydroxylation is 1. The van der Waals surface area contributed by atoms with Gasteiger partial charge in [-0.25, -0.2) is 4.98 Å². The predicted octanol–water partition coefficient (Wildman–Crippen LogP) is 3.13. The molecule has 0 bridgehead atoms. The van der Waals surface area contributed by atoms with Gasteiger partial charge in [0.15, 0.2) is 0 Å². The van der Waals surface area contributed by atoms with E-state index in [1.54, 1.807) is 13.2 Å². The van der Waals surface area contributed by atoms with Gasteiger partial charge < -0.3 is 15.2 Å². The van der Waals surface area contributed by atoms with Gasteiger partial charge in [0.2, 0.25) is 0 Å². The van der Waals surface area contributed by atoms with Gasteiger partial charge in [-0.3, -0.25) is 4.79 Å². The van der Waals surface area contributed by atoms with Gasteiger partial charge in [0, 0.05) is 29.5 Å². The highest BCUT2D eigenvalue weighted by molar-refractivity contribution is 9.10. The lowest BCUT2D eigenvalue weighted by atomic mass is 9.96. The van der Waals surface area contributed by atoms with Gasteiger partial charge in [-0.1, -0.05) is 13.0 Å². The van der Waals surface area contributed by atoms with Crippen molar-refractivity contribution >= 4 is 27.4 Å². The Morgan fingerprint density at radius 1 is 1.32 bits per heavy atom. The summed E-state index contributed by atoms with van der Waals surface area (Å²) in [4.78, 5) is 16.6. The number of nitrogens with zero attached hydrogens (tertiary/aromatic N) is 2. The van der Waals surface area contributed by atoms with Gasteiger partial charge in [-0.15, -0.1) is 0 Å². The van der Waals surface area contributed by atoms with Crippen LogP contribution in [0.15, 0.2) is 39.9 Å².